The molecule has 0 saturated carbocycles. The zero-order valence-electron chi connectivity index (χ0n) is 13.0. The molecular formula is C17H17N5OS. The second-order valence-corrected chi connectivity index (χ2v) is 6.61. The van der Waals surface area contributed by atoms with Gasteiger partial charge in [-0.25, -0.2) is 9.97 Å². The quantitative estimate of drug-likeness (QED) is 0.757. The van der Waals surface area contributed by atoms with Crippen LogP contribution in [0, 0.1) is 0 Å². The highest BCUT2D eigenvalue weighted by molar-refractivity contribution is 7.17. The van der Waals surface area contributed by atoms with Crippen LogP contribution in [0.2, 0.25) is 0 Å². The summed E-state index contributed by atoms with van der Waals surface area (Å²) in [5.74, 6) is 0.534. The van der Waals surface area contributed by atoms with E-state index in [2.05, 4.69) is 37.7 Å². The predicted octanol–water partition coefficient (Wildman–Crippen LogP) is 1.62. The third kappa shape index (κ3) is 2.61. The molecule has 3 heterocycles. The molecule has 3 aromatic rings. The third-order valence-corrected chi connectivity index (χ3v) is 5.14. The van der Waals surface area contributed by atoms with Gasteiger partial charge in [-0.15, -0.1) is 11.3 Å². The number of anilines is 1. The van der Waals surface area contributed by atoms with E-state index in [0.29, 0.717) is 13.1 Å². The number of hydrogen-bond acceptors (Lipinski definition) is 6. The molecule has 1 aromatic carbocycles. The van der Waals surface area contributed by atoms with E-state index < -0.39 is 0 Å². The summed E-state index contributed by atoms with van der Waals surface area (Å²) in [4.78, 5) is 23.5. The van der Waals surface area contributed by atoms with Crippen molar-refractivity contribution in [1.82, 2.24) is 15.3 Å². The Labute approximate surface area is 143 Å². The molecule has 0 spiro atoms. The minimum Gasteiger partial charge on any atom is -0.368 e. The molecule has 0 radical (unpaired) electrons. The van der Waals surface area contributed by atoms with Gasteiger partial charge in [0, 0.05) is 30.6 Å². The van der Waals surface area contributed by atoms with Crippen molar-refractivity contribution in [2.75, 3.05) is 24.5 Å². The lowest BCUT2D eigenvalue weighted by molar-refractivity contribution is -0.120. The first-order chi connectivity index (χ1) is 11.7. The van der Waals surface area contributed by atoms with E-state index in [1.165, 1.54) is 0 Å². The van der Waals surface area contributed by atoms with Crippen LogP contribution in [-0.4, -0.2) is 41.6 Å². The summed E-state index contributed by atoms with van der Waals surface area (Å²) in [5.41, 5.74) is 7.73. The number of carbonyl (C=O) groups is 1. The molecule has 1 fully saturated rings. The molecule has 1 saturated heterocycles. The van der Waals surface area contributed by atoms with Crippen molar-refractivity contribution in [1.29, 1.82) is 0 Å². The van der Waals surface area contributed by atoms with E-state index in [-0.39, 0.29) is 11.9 Å². The number of nitrogens with zero attached hydrogens (tertiary/aromatic N) is 3. The first-order valence-electron chi connectivity index (χ1n) is 7.79. The van der Waals surface area contributed by atoms with Crippen LogP contribution >= 0.6 is 11.3 Å². The standard InChI is InChI=1S/C17H17N5OS/c18-15(23)13-8-22(7-6-19-13)16-14-12(11-4-2-1-3-5-11)9-24-17(14)21-10-20-16/h1-5,9-10,13,19H,6-8H2,(H2,18,23)/t13-/m1/s1. The second-order valence-electron chi connectivity index (χ2n) is 5.75. The number of rotatable bonds is 3. The van der Waals surface area contributed by atoms with Crippen molar-refractivity contribution in [2.45, 2.75) is 6.04 Å². The summed E-state index contributed by atoms with van der Waals surface area (Å²) in [6.45, 7) is 2.00. The van der Waals surface area contributed by atoms with E-state index in [0.717, 1.165) is 33.7 Å². The van der Waals surface area contributed by atoms with Crippen molar-refractivity contribution in [2.24, 2.45) is 5.73 Å². The van der Waals surface area contributed by atoms with E-state index in [4.69, 9.17) is 5.73 Å². The largest absolute Gasteiger partial charge is 0.368 e. The topological polar surface area (TPSA) is 84.1 Å². The minimum absolute atomic E-state index is 0.335. The third-order valence-electron chi connectivity index (χ3n) is 4.25. The maximum absolute atomic E-state index is 11.5. The van der Waals surface area contributed by atoms with E-state index in [9.17, 15) is 4.79 Å². The van der Waals surface area contributed by atoms with Crippen LogP contribution in [0.3, 0.4) is 0 Å². The van der Waals surface area contributed by atoms with Crippen LogP contribution < -0.4 is 16.0 Å². The van der Waals surface area contributed by atoms with E-state index >= 15 is 0 Å². The molecule has 4 rings (SSSR count). The Bertz CT molecular complexity index is 879. The molecular weight excluding hydrogens is 322 g/mol. The number of nitrogens with two attached hydrogens (primary N) is 1. The number of nitrogens with one attached hydrogen (secondary N) is 1. The number of fused-ring (bicyclic) bond motifs is 1. The number of benzene rings is 1. The molecule has 0 aliphatic carbocycles. The van der Waals surface area contributed by atoms with Gasteiger partial charge in [0.25, 0.3) is 0 Å². The van der Waals surface area contributed by atoms with Gasteiger partial charge in [0.2, 0.25) is 5.91 Å². The van der Waals surface area contributed by atoms with Crippen molar-refractivity contribution in [3.8, 4) is 11.1 Å². The maximum atomic E-state index is 11.5. The van der Waals surface area contributed by atoms with Crippen LogP contribution in [0.15, 0.2) is 42.0 Å². The lowest BCUT2D eigenvalue weighted by atomic mass is 10.1. The highest BCUT2D eigenvalue weighted by Crippen LogP contribution is 2.37. The van der Waals surface area contributed by atoms with Crippen molar-refractivity contribution < 1.29 is 4.79 Å². The van der Waals surface area contributed by atoms with Crippen molar-refractivity contribution in [3.05, 3.63) is 42.0 Å². The average molecular weight is 339 g/mol. The second kappa shape index (κ2) is 6.18. The molecule has 6 nitrogen and oxygen atoms in total. The fraction of sp³-hybridized carbons (Fsp3) is 0.235. The maximum Gasteiger partial charge on any atom is 0.236 e. The Morgan fingerprint density at radius 3 is 2.92 bits per heavy atom. The highest BCUT2D eigenvalue weighted by Gasteiger charge is 2.26. The van der Waals surface area contributed by atoms with Gasteiger partial charge in [-0.1, -0.05) is 30.3 Å². The first kappa shape index (κ1) is 15.0. The molecule has 0 unspecified atom stereocenters. The summed E-state index contributed by atoms with van der Waals surface area (Å²) >= 11 is 1.61. The number of aromatic nitrogens is 2. The lowest BCUT2D eigenvalue weighted by Crippen LogP contribution is -2.56. The molecule has 1 aliphatic heterocycles. The van der Waals surface area contributed by atoms with Crippen molar-refractivity contribution in [3.63, 3.8) is 0 Å². The highest BCUT2D eigenvalue weighted by atomic mass is 32.1. The van der Waals surface area contributed by atoms with Gasteiger partial charge >= 0.3 is 0 Å². The monoisotopic (exact) mass is 339 g/mol. The van der Waals surface area contributed by atoms with Gasteiger partial charge in [0.1, 0.15) is 23.0 Å². The van der Waals surface area contributed by atoms with Gasteiger partial charge in [-0.3, -0.25) is 4.79 Å². The molecule has 1 atom stereocenters. The van der Waals surface area contributed by atoms with Crippen LogP contribution in [0.1, 0.15) is 0 Å². The summed E-state index contributed by atoms with van der Waals surface area (Å²) in [7, 11) is 0. The Morgan fingerprint density at radius 1 is 1.29 bits per heavy atom. The van der Waals surface area contributed by atoms with Crippen LogP contribution in [-0.2, 0) is 4.79 Å². The number of carbonyl (C=O) groups excluding carboxylic acids is 1. The Hall–Kier alpha value is -2.51. The average Bonchev–Trinajstić information content (AvgIpc) is 3.07. The number of piperazine rings is 1. The number of hydrogen-bond donors (Lipinski definition) is 2. The normalized spacial score (nSPS) is 18.0. The molecule has 1 amide bonds. The molecule has 2 aromatic heterocycles. The molecule has 0 bridgehead atoms. The molecule has 3 N–H and O–H groups in total. The lowest BCUT2D eigenvalue weighted by Gasteiger charge is -2.33. The predicted molar refractivity (Wildman–Crippen MR) is 96.0 cm³/mol. The molecule has 7 heteroatoms. The fourth-order valence-electron chi connectivity index (χ4n) is 3.06. The zero-order chi connectivity index (χ0) is 16.5. The van der Waals surface area contributed by atoms with Crippen molar-refractivity contribution >= 4 is 33.3 Å². The molecule has 122 valence electrons. The Balaban J connectivity index is 1.81. The summed E-state index contributed by atoms with van der Waals surface area (Å²) in [5, 5.41) is 6.31. The van der Waals surface area contributed by atoms with Gasteiger partial charge < -0.3 is 16.0 Å². The fourth-order valence-corrected chi connectivity index (χ4v) is 3.97. The summed E-state index contributed by atoms with van der Waals surface area (Å²) in [6.07, 6.45) is 1.59. The Morgan fingerprint density at radius 2 is 2.12 bits per heavy atom. The van der Waals surface area contributed by atoms with Gasteiger partial charge in [-0.05, 0) is 5.56 Å². The summed E-state index contributed by atoms with van der Waals surface area (Å²) in [6, 6.07) is 9.86. The van der Waals surface area contributed by atoms with Gasteiger partial charge in [0.15, 0.2) is 0 Å². The minimum atomic E-state index is -0.359. The van der Waals surface area contributed by atoms with Crippen LogP contribution in [0.4, 0.5) is 5.82 Å². The van der Waals surface area contributed by atoms with Gasteiger partial charge in [0.05, 0.1) is 5.39 Å². The van der Waals surface area contributed by atoms with Crippen LogP contribution in [0.5, 0.6) is 0 Å². The number of amides is 1. The Kier molecular flexibility index (Phi) is 3.87. The zero-order valence-corrected chi connectivity index (χ0v) is 13.8. The SMILES string of the molecule is NC(=O)[C@H]1CN(c2ncnc3scc(-c4ccccc4)c23)CCN1. The first-order valence-corrected chi connectivity index (χ1v) is 8.67. The van der Waals surface area contributed by atoms with E-state index in [1.54, 1.807) is 17.7 Å². The van der Waals surface area contributed by atoms with E-state index in [1.807, 2.05) is 18.2 Å². The molecule has 1 aliphatic rings. The van der Waals surface area contributed by atoms with Gasteiger partial charge in [-0.2, -0.15) is 0 Å². The molecule has 24 heavy (non-hydrogen) atoms. The smallest absolute Gasteiger partial charge is 0.236 e. The van der Waals surface area contributed by atoms with Crippen LogP contribution in [0.25, 0.3) is 21.3 Å². The number of thiophene rings is 1. The summed E-state index contributed by atoms with van der Waals surface area (Å²) < 4.78 is 0. The number of primary amides is 1.